The molecule has 1 aliphatic heterocycles. The fourth-order valence-electron chi connectivity index (χ4n) is 6.24. The first-order valence-corrected chi connectivity index (χ1v) is 14.1. The molecule has 2 aromatic heterocycles. The zero-order valence-corrected chi connectivity index (χ0v) is 24.4. The molecule has 0 saturated carbocycles. The average Bonchev–Trinajstić information content (AvgIpc) is 3.35. The molecule has 1 fully saturated rings. The summed E-state index contributed by atoms with van der Waals surface area (Å²) in [6.45, 7) is 10.9. The van der Waals surface area contributed by atoms with Crippen LogP contribution in [-0.4, -0.2) is 54.1 Å². The minimum absolute atomic E-state index is 0.231. The maximum Gasteiger partial charge on any atom is 0.267 e. The van der Waals surface area contributed by atoms with E-state index in [0.29, 0.717) is 23.2 Å². The Bertz CT molecular complexity index is 1530. The summed E-state index contributed by atoms with van der Waals surface area (Å²) in [7, 11) is 3.30. The first kappa shape index (κ1) is 27.7. The SMILES string of the molecule is COc1ccc(-c2[nH]c3ccc(-c4ccnc(C(N)=O)c4C4CCN(C(C)C)CC4)cc3c2C(C)C)cc1OC. The first-order valence-electron chi connectivity index (χ1n) is 14.1. The minimum atomic E-state index is -0.468. The fourth-order valence-corrected chi connectivity index (χ4v) is 6.24. The summed E-state index contributed by atoms with van der Waals surface area (Å²) in [4.78, 5) is 23.2. The molecule has 1 aliphatic rings. The number of nitrogens with one attached hydrogen (secondary N) is 1. The Balaban J connectivity index is 1.64. The third-order valence-electron chi connectivity index (χ3n) is 8.29. The van der Waals surface area contributed by atoms with Gasteiger partial charge in [-0.05, 0) is 110 Å². The lowest BCUT2D eigenvalue weighted by atomic mass is 9.82. The van der Waals surface area contributed by atoms with Crippen LogP contribution in [0, 0.1) is 0 Å². The Morgan fingerprint density at radius 3 is 2.30 bits per heavy atom. The Morgan fingerprint density at radius 1 is 0.975 bits per heavy atom. The second-order valence-electron chi connectivity index (χ2n) is 11.3. The number of ether oxygens (including phenoxy) is 2. The van der Waals surface area contributed by atoms with Crippen LogP contribution in [0.25, 0.3) is 33.3 Å². The molecular formula is C33H40N4O3. The highest BCUT2D eigenvalue weighted by Crippen LogP contribution is 2.42. The molecule has 1 saturated heterocycles. The Labute approximate surface area is 236 Å². The number of nitrogens with two attached hydrogens (primary N) is 1. The van der Waals surface area contributed by atoms with Crippen molar-refractivity contribution in [1.29, 1.82) is 0 Å². The molecule has 0 aliphatic carbocycles. The Hall–Kier alpha value is -3.84. The number of hydrogen-bond donors (Lipinski definition) is 2. The van der Waals surface area contributed by atoms with E-state index in [0.717, 1.165) is 64.8 Å². The lowest BCUT2D eigenvalue weighted by molar-refractivity contribution is 0.0992. The standard InChI is InChI=1S/C33H40N4O3/c1-19(2)29-25-17-22(7-9-26(25)36-31(29)23-8-10-27(39-5)28(18-23)40-6)24-11-14-35-32(33(34)38)30(24)21-12-15-37(16-13-21)20(3)4/h7-11,14,17-21,36H,12-13,15-16H2,1-6H3,(H2,34,38). The molecule has 40 heavy (non-hydrogen) atoms. The van der Waals surface area contributed by atoms with Crippen LogP contribution >= 0.6 is 0 Å². The summed E-state index contributed by atoms with van der Waals surface area (Å²) in [5, 5.41) is 1.16. The number of benzene rings is 2. The van der Waals surface area contributed by atoms with Crippen LogP contribution in [0.3, 0.4) is 0 Å². The van der Waals surface area contributed by atoms with Gasteiger partial charge in [-0.3, -0.25) is 9.78 Å². The number of hydrogen-bond acceptors (Lipinski definition) is 5. The maximum atomic E-state index is 12.6. The summed E-state index contributed by atoms with van der Waals surface area (Å²) in [5.74, 6) is 1.42. The van der Waals surface area contributed by atoms with Crippen molar-refractivity contribution in [2.75, 3.05) is 27.3 Å². The molecular weight excluding hydrogens is 500 g/mol. The molecule has 0 unspecified atom stereocenters. The van der Waals surface area contributed by atoms with Crippen molar-refractivity contribution in [1.82, 2.24) is 14.9 Å². The van der Waals surface area contributed by atoms with E-state index in [2.05, 4.69) is 66.8 Å². The number of primary amides is 1. The molecule has 7 heteroatoms. The molecule has 7 nitrogen and oxygen atoms in total. The molecule has 0 spiro atoms. The van der Waals surface area contributed by atoms with Crippen LogP contribution in [0.4, 0.5) is 0 Å². The lowest BCUT2D eigenvalue weighted by Gasteiger charge is -2.35. The average molecular weight is 541 g/mol. The molecule has 5 rings (SSSR count). The molecule has 3 heterocycles. The molecule has 3 N–H and O–H groups in total. The Kier molecular flexibility index (Phi) is 7.86. The first-order chi connectivity index (χ1) is 19.2. The highest BCUT2D eigenvalue weighted by atomic mass is 16.5. The molecule has 4 aromatic rings. The molecule has 210 valence electrons. The lowest BCUT2D eigenvalue weighted by Crippen LogP contribution is -2.38. The number of H-pyrrole nitrogens is 1. The summed E-state index contributed by atoms with van der Waals surface area (Å²) in [5.41, 5.74) is 13.8. The van der Waals surface area contributed by atoms with Gasteiger partial charge >= 0.3 is 0 Å². The summed E-state index contributed by atoms with van der Waals surface area (Å²) in [6.07, 6.45) is 3.66. The zero-order chi connectivity index (χ0) is 28.6. The Morgan fingerprint density at radius 2 is 1.68 bits per heavy atom. The van der Waals surface area contributed by atoms with E-state index in [-0.39, 0.29) is 11.8 Å². The monoisotopic (exact) mass is 540 g/mol. The second-order valence-corrected chi connectivity index (χ2v) is 11.3. The van der Waals surface area contributed by atoms with Crippen LogP contribution < -0.4 is 15.2 Å². The molecule has 1 amide bonds. The number of fused-ring (bicyclic) bond motifs is 1. The van der Waals surface area contributed by atoms with Crippen molar-refractivity contribution in [2.24, 2.45) is 5.73 Å². The van der Waals surface area contributed by atoms with Crippen molar-refractivity contribution >= 4 is 16.8 Å². The molecule has 0 radical (unpaired) electrons. The van der Waals surface area contributed by atoms with Gasteiger partial charge in [-0.1, -0.05) is 19.9 Å². The highest BCUT2D eigenvalue weighted by Gasteiger charge is 2.28. The van der Waals surface area contributed by atoms with E-state index < -0.39 is 5.91 Å². The fraction of sp³-hybridized carbons (Fsp3) is 0.394. The van der Waals surface area contributed by atoms with Crippen molar-refractivity contribution in [3.63, 3.8) is 0 Å². The number of pyridine rings is 1. The number of nitrogens with zero attached hydrogens (tertiary/aromatic N) is 2. The summed E-state index contributed by atoms with van der Waals surface area (Å²) in [6, 6.07) is 15.1. The summed E-state index contributed by atoms with van der Waals surface area (Å²) < 4.78 is 11.0. The highest BCUT2D eigenvalue weighted by molar-refractivity contribution is 5.97. The number of carbonyl (C=O) groups is 1. The van der Waals surface area contributed by atoms with Gasteiger partial charge in [-0.2, -0.15) is 0 Å². The van der Waals surface area contributed by atoms with Crippen LogP contribution in [0.2, 0.25) is 0 Å². The van der Waals surface area contributed by atoms with Gasteiger partial charge in [0.1, 0.15) is 5.69 Å². The van der Waals surface area contributed by atoms with E-state index in [1.807, 2.05) is 18.2 Å². The molecule has 0 atom stereocenters. The van der Waals surface area contributed by atoms with Gasteiger partial charge < -0.3 is 25.1 Å². The van der Waals surface area contributed by atoms with Crippen LogP contribution in [-0.2, 0) is 0 Å². The number of aromatic nitrogens is 2. The normalized spacial score (nSPS) is 14.8. The van der Waals surface area contributed by atoms with Crippen molar-refractivity contribution in [2.45, 2.75) is 58.4 Å². The second kappa shape index (κ2) is 11.3. The number of piperidine rings is 1. The molecule has 0 bridgehead atoms. The largest absolute Gasteiger partial charge is 0.493 e. The van der Waals surface area contributed by atoms with E-state index >= 15 is 0 Å². The number of aromatic amines is 1. The third kappa shape index (κ3) is 5.06. The topological polar surface area (TPSA) is 93.5 Å². The van der Waals surface area contributed by atoms with Crippen molar-refractivity contribution < 1.29 is 14.3 Å². The van der Waals surface area contributed by atoms with Gasteiger partial charge in [0.05, 0.1) is 19.9 Å². The number of likely N-dealkylation sites (tertiary alicyclic amines) is 1. The van der Waals surface area contributed by atoms with E-state index in [4.69, 9.17) is 15.2 Å². The van der Waals surface area contributed by atoms with Crippen LogP contribution in [0.5, 0.6) is 11.5 Å². The smallest absolute Gasteiger partial charge is 0.267 e. The van der Waals surface area contributed by atoms with Gasteiger partial charge in [0.15, 0.2) is 11.5 Å². The van der Waals surface area contributed by atoms with Crippen LogP contribution in [0.1, 0.15) is 74.0 Å². The quantitative estimate of drug-likeness (QED) is 0.259. The van der Waals surface area contributed by atoms with Gasteiger partial charge in [0.2, 0.25) is 0 Å². The number of methoxy groups -OCH3 is 2. The number of amides is 1. The van der Waals surface area contributed by atoms with Gasteiger partial charge in [0, 0.05) is 28.7 Å². The minimum Gasteiger partial charge on any atom is -0.493 e. The number of rotatable bonds is 8. The predicted molar refractivity (Wildman–Crippen MR) is 161 cm³/mol. The van der Waals surface area contributed by atoms with Crippen molar-refractivity contribution in [3.8, 4) is 33.9 Å². The molecule has 2 aromatic carbocycles. The summed E-state index contributed by atoms with van der Waals surface area (Å²) >= 11 is 0. The van der Waals surface area contributed by atoms with Crippen molar-refractivity contribution in [3.05, 3.63) is 65.5 Å². The number of carbonyl (C=O) groups excluding carboxylic acids is 1. The van der Waals surface area contributed by atoms with E-state index in [9.17, 15) is 4.79 Å². The zero-order valence-electron chi connectivity index (χ0n) is 24.4. The predicted octanol–water partition coefficient (Wildman–Crippen LogP) is 6.72. The van der Waals surface area contributed by atoms with Gasteiger partial charge in [0.25, 0.3) is 5.91 Å². The maximum absolute atomic E-state index is 12.6. The van der Waals surface area contributed by atoms with Gasteiger partial charge in [-0.15, -0.1) is 0 Å². The van der Waals surface area contributed by atoms with E-state index in [1.165, 1.54) is 5.56 Å². The third-order valence-corrected chi connectivity index (χ3v) is 8.29. The van der Waals surface area contributed by atoms with Crippen LogP contribution in [0.15, 0.2) is 48.7 Å². The van der Waals surface area contributed by atoms with E-state index in [1.54, 1.807) is 20.4 Å². The van der Waals surface area contributed by atoms with Gasteiger partial charge in [-0.25, -0.2) is 0 Å².